The van der Waals surface area contributed by atoms with Crippen LogP contribution in [0.2, 0.25) is 0 Å². The molecule has 6 nitrogen and oxygen atoms in total. The first-order valence-electron chi connectivity index (χ1n) is 29.2. The van der Waals surface area contributed by atoms with Gasteiger partial charge in [-0.3, -0.25) is 14.4 Å². The van der Waals surface area contributed by atoms with Crippen molar-refractivity contribution in [2.24, 2.45) is 11.8 Å². The molecule has 0 aliphatic rings. The second kappa shape index (κ2) is 51.8. The van der Waals surface area contributed by atoms with Gasteiger partial charge in [-0.25, -0.2) is 0 Å². The minimum absolute atomic E-state index is 0.0626. The van der Waals surface area contributed by atoms with Crippen LogP contribution in [0.15, 0.2) is 0 Å². The molecule has 0 aliphatic heterocycles. The summed E-state index contributed by atoms with van der Waals surface area (Å²) in [4.78, 5) is 38.1. The van der Waals surface area contributed by atoms with E-state index in [0.717, 1.165) is 69.6 Å². The Bertz CT molecular complexity index is 993. The van der Waals surface area contributed by atoms with Gasteiger partial charge in [-0.2, -0.15) is 0 Å². The Morgan fingerprint density at radius 3 is 0.754 bits per heavy atom. The highest BCUT2D eigenvalue weighted by molar-refractivity contribution is 5.71. The average Bonchev–Trinajstić information content (AvgIpc) is 3.28. The summed E-state index contributed by atoms with van der Waals surface area (Å²) in [6.45, 7) is 11.4. The average molecular weight is 920 g/mol. The van der Waals surface area contributed by atoms with E-state index in [9.17, 15) is 14.4 Å². The third-order valence-corrected chi connectivity index (χ3v) is 13.5. The van der Waals surface area contributed by atoms with Crippen molar-refractivity contribution < 1.29 is 28.6 Å². The number of carbonyl (C=O) groups is 3. The van der Waals surface area contributed by atoms with E-state index < -0.39 is 6.10 Å². The number of carbonyl (C=O) groups excluding carboxylic acids is 3. The van der Waals surface area contributed by atoms with Crippen LogP contribution >= 0.6 is 0 Å². The molecule has 0 unspecified atom stereocenters. The molecule has 65 heavy (non-hydrogen) atoms. The second-order valence-electron chi connectivity index (χ2n) is 21.2. The summed E-state index contributed by atoms with van der Waals surface area (Å²) in [7, 11) is 0. The van der Waals surface area contributed by atoms with Crippen LogP contribution in [0.1, 0.15) is 330 Å². The Morgan fingerprint density at radius 1 is 0.292 bits per heavy atom. The van der Waals surface area contributed by atoms with Gasteiger partial charge in [0.25, 0.3) is 0 Å². The van der Waals surface area contributed by atoms with E-state index in [4.69, 9.17) is 14.2 Å². The molecule has 0 N–H and O–H groups in total. The molecule has 0 saturated heterocycles. The number of unbranched alkanes of at least 4 members (excludes halogenated alkanes) is 38. The molecule has 0 amide bonds. The molecule has 0 rings (SSSR count). The first kappa shape index (κ1) is 63.4. The van der Waals surface area contributed by atoms with Gasteiger partial charge in [-0.05, 0) is 31.1 Å². The fourth-order valence-electron chi connectivity index (χ4n) is 9.05. The van der Waals surface area contributed by atoms with E-state index in [2.05, 4.69) is 34.6 Å². The van der Waals surface area contributed by atoms with E-state index in [1.165, 1.54) is 218 Å². The monoisotopic (exact) mass is 919 g/mol. The van der Waals surface area contributed by atoms with Crippen molar-refractivity contribution in [1.29, 1.82) is 0 Å². The van der Waals surface area contributed by atoms with E-state index in [-0.39, 0.29) is 31.1 Å². The van der Waals surface area contributed by atoms with Crippen LogP contribution in [0, 0.1) is 11.8 Å². The zero-order chi connectivity index (χ0) is 47.5. The van der Waals surface area contributed by atoms with Crippen LogP contribution < -0.4 is 0 Å². The van der Waals surface area contributed by atoms with E-state index in [0.29, 0.717) is 19.3 Å². The maximum atomic E-state index is 12.8. The molecule has 386 valence electrons. The van der Waals surface area contributed by atoms with Gasteiger partial charge < -0.3 is 14.2 Å². The number of esters is 3. The Kier molecular flexibility index (Phi) is 50.5. The minimum atomic E-state index is -0.762. The Morgan fingerprint density at radius 2 is 0.508 bits per heavy atom. The van der Waals surface area contributed by atoms with Gasteiger partial charge in [-0.1, -0.05) is 291 Å². The SMILES string of the molecule is CCCCCCCCCCCCCCC(=O)O[C@@H](COC(=O)CCCCCCCCCCCCCCCCCCCCC(C)C)COC(=O)CCCCCCCCCCCCCC(C)C. The third kappa shape index (κ3) is 53.2. The molecule has 6 heteroatoms. The van der Waals surface area contributed by atoms with Crippen molar-refractivity contribution in [2.75, 3.05) is 13.2 Å². The Labute approximate surface area is 406 Å². The largest absolute Gasteiger partial charge is 0.462 e. The van der Waals surface area contributed by atoms with Crippen LogP contribution in [-0.4, -0.2) is 37.2 Å². The molecular weight excluding hydrogens is 805 g/mol. The smallest absolute Gasteiger partial charge is 0.306 e. The highest BCUT2D eigenvalue weighted by atomic mass is 16.6. The zero-order valence-electron chi connectivity index (χ0n) is 44.6. The van der Waals surface area contributed by atoms with Crippen molar-refractivity contribution in [3.8, 4) is 0 Å². The fraction of sp³-hybridized carbons (Fsp3) is 0.949. The number of ether oxygens (including phenoxy) is 3. The molecule has 0 bridgehead atoms. The summed E-state index contributed by atoms with van der Waals surface area (Å²) in [6, 6.07) is 0. The zero-order valence-corrected chi connectivity index (χ0v) is 44.6. The lowest BCUT2D eigenvalue weighted by molar-refractivity contribution is -0.167. The summed E-state index contributed by atoms with van der Waals surface area (Å²) in [5, 5.41) is 0. The summed E-state index contributed by atoms with van der Waals surface area (Å²) < 4.78 is 16.9. The van der Waals surface area contributed by atoms with Gasteiger partial charge in [-0.15, -0.1) is 0 Å². The normalized spacial score (nSPS) is 12.0. The molecule has 0 aromatic heterocycles. The number of rotatable bonds is 53. The van der Waals surface area contributed by atoms with Gasteiger partial charge >= 0.3 is 17.9 Å². The molecule has 0 spiro atoms. The van der Waals surface area contributed by atoms with Crippen LogP contribution in [-0.2, 0) is 28.6 Å². The van der Waals surface area contributed by atoms with E-state index >= 15 is 0 Å². The second-order valence-corrected chi connectivity index (χ2v) is 21.2. The van der Waals surface area contributed by atoms with Crippen LogP contribution in [0.25, 0.3) is 0 Å². The fourth-order valence-corrected chi connectivity index (χ4v) is 9.05. The molecule has 0 heterocycles. The topological polar surface area (TPSA) is 78.9 Å². The van der Waals surface area contributed by atoms with Crippen molar-refractivity contribution >= 4 is 17.9 Å². The predicted molar refractivity (Wildman–Crippen MR) is 280 cm³/mol. The lowest BCUT2D eigenvalue weighted by atomic mass is 10.0. The molecule has 0 fully saturated rings. The minimum Gasteiger partial charge on any atom is -0.462 e. The maximum Gasteiger partial charge on any atom is 0.306 e. The van der Waals surface area contributed by atoms with Gasteiger partial charge in [0.05, 0.1) is 0 Å². The van der Waals surface area contributed by atoms with E-state index in [1.807, 2.05) is 0 Å². The van der Waals surface area contributed by atoms with Gasteiger partial charge in [0.2, 0.25) is 0 Å². The van der Waals surface area contributed by atoms with Crippen molar-refractivity contribution in [1.82, 2.24) is 0 Å². The number of hydrogen-bond acceptors (Lipinski definition) is 6. The summed E-state index contributed by atoms with van der Waals surface area (Å²) in [6.07, 6.45) is 55.3. The van der Waals surface area contributed by atoms with Crippen LogP contribution in [0.5, 0.6) is 0 Å². The van der Waals surface area contributed by atoms with Crippen LogP contribution in [0.3, 0.4) is 0 Å². The highest BCUT2D eigenvalue weighted by Gasteiger charge is 2.19. The molecule has 0 aromatic carbocycles. The number of hydrogen-bond donors (Lipinski definition) is 0. The predicted octanol–water partition coefficient (Wildman–Crippen LogP) is 19.3. The molecule has 1 atom stereocenters. The van der Waals surface area contributed by atoms with Crippen molar-refractivity contribution in [3.63, 3.8) is 0 Å². The van der Waals surface area contributed by atoms with Crippen LogP contribution in [0.4, 0.5) is 0 Å². The summed E-state index contributed by atoms with van der Waals surface area (Å²) in [5.41, 5.74) is 0. The first-order chi connectivity index (χ1) is 31.7. The Hall–Kier alpha value is -1.59. The highest BCUT2D eigenvalue weighted by Crippen LogP contribution is 2.18. The van der Waals surface area contributed by atoms with Gasteiger partial charge in [0.15, 0.2) is 6.10 Å². The molecule has 0 saturated carbocycles. The lowest BCUT2D eigenvalue weighted by Gasteiger charge is -2.18. The molecule has 0 aromatic rings. The Balaban J connectivity index is 4.22. The van der Waals surface area contributed by atoms with Crippen molar-refractivity contribution in [3.05, 3.63) is 0 Å². The van der Waals surface area contributed by atoms with Gasteiger partial charge in [0, 0.05) is 19.3 Å². The summed E-state index contributed by atoms with van der Waals surface area (Å²) >= 11 is 0. The lowest BCUT2D eigenvalue weighted by Crippen LogP contribution is -2.30. The quantitative estimate of drug-likeness (QED) is 0.0344. The summed E-state index contributed by atoms with van der Waals surface area (Å²) in [5.74, 6) is 0.847. The standard InChI is InChI=1S/C59H114O6/c1-6-7-8-9-10-11-12-24-31-36-41-46-51-59(62)65-56(53-64-58(61)50-45-40-35-30-26-21-23-28-33-38-43-48-55(4)5)52-63-57(60)49-44-39-34-29-25-20-18-16-14-13-15-17-19-22-27-32-37-42-47-54(2)3/h54-56H,6-53H2,1-5H3/t56-/m0/s1. The molecule has 0 radical (unpaired) electrons. The molecule has 0 aliphatic carbocycles. The van der Waals surface area contributed by atoms with Crippen molar-refractivity contribution in [2.45, 2.75) is 336 Å². The third-order valence-electron chi connectivity index (χ3n) is 13.5. The van der Waals surface area contributed by atoms with E-state index in [1.54, 1.807) is 0 Å². The molecular formula is C59H114O6. The first-order valence-corrected chi connectivity index (χ1v) is 29.2. The maximum absolute atomic E-state index is 12.8. The van der Waals surface area contributed by atoms with Gasteiger partial charge in [0.1, 0.15) is 13.2 Å².